The van der Waals surface area contributed by atoms with Crippen LogP contribution < -0.4 is 5.32 Å². The molecule has 28 heavy (non-hydrogen) atoms. The summed E-state index contributed by atoms with van der Waals surface area (Å²) >= 11 is 0. The van der Waals surface area contributed by atoms with Gasteiger partial charge in [-0.3, -0.25) is 9.59 Å². The average molecular weight is 384 g/mol. The highest BCUT2D eigenvalue weighted by molar-refractivity contribution is 5.88. The first-order valence-corrected chi connectivity index (χ1v) is 9.82. The number of halogens is 1. The molecule has 0 aliphatic heterocycles. The highest BCUT2D eigenvalue weighted by Crippen LogP contribution is 2.15. The number of amides is 2. The molecule has 1 N–H and O–H groups in total. The predicted molar refractivity (Wildman–Crippen MR) is 109 cm³/mol. The van der Waals surface area contributed by atoms with E-state index in [-0.39, 0.29) is 30.1 Å². The van der Waals surface area contributed by atoms with Crippen molar-refractivity contribution >= 4 is 11.8 Å². The summed E-state index contributed by atoms with van der Waals surface area (Å²) < 4.78 is 13.2. The van der Waals surface area contributed by atoms with Gasteiger partial charge >= 0.3 is 0 Å². The largest absolute Gasteiger partial charge is 0.352 e. The third kappa shape index (κ3) is 6.19. The van der Waals surface area contributed by atoms with Crippen molar-refractivity contribution in [2.24, 2.45) is 0 Å². The van der Waals surface area contributed by atoms with Crippen molar-refractivity contribution < 1.29 is 14.0 Å². The number of hydrogen-bond acceptors (Lipinski definition) is 2. The van der Waals surface area contributed by atoms with Gasteiger partial charge in [0, 0.05) is 12.6 Å². The van der Waals surface area contributed by atoms with Crippen LogP contribution in [0.3, 0.4) is 0 Å². The SMILES string of the molecule is CCC(C)NC(=O)C(CC)N(Cc1ccccc1)C(=O)Cc1ccc(F)cc1. The van der Waals surface area contributed by atoms with E-state index < -0.39 is 6.04 Å². The molecule has 0 saturated carbocycles. The van der Waals surface area contributed by atoms with Gasteiger partial charge in [0.2, 0.25) is 11.8 Å². The van der Waals surface area contributed by atoms with Gasteiger partial charge in [0.25, 0.3) is 0 Å². The Kier molecular flexibility index (Phi) is 8.18. The fourth-order valence-corrected chi connectivity index (χ4v) is 3.02. The third-order valence-corrected chi connectivity index (χ3v) is 4.85. The van der Waals surface area contributed by atoms with E-state index in [1.54, 1.807) is 17.0 Å². The zero-order valence-corrected chi connectivity index (χ0v) is 16.8. The topological polar surface area (TPSA) is 49.4 Å². The molecule has 0 radical (unpaired) electrons. The molecule has 0 saturated heterocycles. The Labute approximate surface area is 166 Å². The Hall–Kier alpha value is -2.69. The van der Waals surface area contributed by atoms with Crippen molar-refractivity contribution in [1.82, 2.24) is 10.2 Å². The summed E-state index contributed by atoms with van der Waals surface area (Å²) in [5, 5.41) is 2.99. The zero-order chi connectivity index (χ0) is 20.5. The number of rotatable bonds is 9. The van der Waals surface area contributed by atoms with Gasteiger partial charge < -0.3 is 10.2 Å². The monoisotopic (exact) mass is 384 g/mol. The number of nitrogens with one attached hydrogen (secondary N) is 1. The number of carbonyl (C=O) groups is 2. The van der Waals surface area contributed by atoms with Crippen molar-refractivity contribution in [3.8, 4) is 0 Å². The molecular weight excluding hydrogens is 355 g/mol. The van der Waals surface area contributed by atoms with E-state index in [1.807, 2.05) is 51.1 Å². The van der Waals surface area contributed by atoms with Crippen molar-refractivity contribution in [2.45, 2.75) is 58.7 Å². The molecule has 150 valence electrons. The third-order valence-electron chi connectivity index (χ3n) is 4.85. The molecule has 2 amide bonds. The van der Waals surface area contributed by atoms with E-state index in [2.05, 4.69) is 5.32 Å². The van der Waals surface area contributed by atoms with Crippen LogP contribution in [0.15, 0.2) is 54.6 Å². The molecule has 0 aromatic heterocycles. The molecule has 0 fully saturated rings. The van der Waals surface area contributed by atoms with Crippen LogP contribution in [0, 0.1) is 5.82 Å². The molecule has 0 heterocycles. The van der Waals surface area contributed by atoms with Gasteiger partial charge in [0.1, 0.15) is 11.9 Å². The minimum absolute atomic E-state index is 0.0484. The molecule has 0 aliphatic rings. The minimum Gasteiger partial charge on any atom is -0.352 e. The second kappa shape index (κ2) is 10.6. The fourth-order valence-electron chi connectivity index (χ4n) is 3.02. The predicted octanol–water partition coefficient (Wildman–Crippen LogP) is 4.09. The molecule has 5 heteroatoms. The maximum absolute atomic E-state index is 13.2. The number of nitrogens with zero attached hydrogens (tertiary/aromatic N) is 1. The first kappa shape index (κ1) is 21.6. The van der Waals surface area contributed by atoms with E-state index in [4.69, 9.17) is 0 Å². The van der Waals surface area contributed by atoms with Crippen LogP contribution in [0.2, 0.25) is 0 Å². The lowest BCUT2D eigenvalue weighted by atomic mass is 10.1. The van der Waals surface area contributed by atoms with Gasteiger partial charge in [-0.2, -0.15) is 0 Å². The summed E-state index contributed by atoms with van der Waals surface area (Å²) in [6.07, 6.45) is 1.47. The van der Waals surface area contributed by atoms with Crippen molar-refractivity contribution in [3.63, 3.8) is 0 Å². The van der Waals surface area contributed by atoms with Crippen LogP contribution in [0.4, 0.5) is 4.39 Å². The molecular formula is C23H29FN2O2. The summed E-state index contributed by atoms with van der Waals surface area (Å²) in [6, 6.07) is 15.0. The normalized spacial score (nSPS) is 12.9. The van der Waals surface area contributed by atoms with Crippen LogP contribution in [-0.4, -0.2) is 28.8 Å². The Morgan fingerprint density at radius 3 is 2.18 bits per heavy atom. The molecule has 4 nitrogen and oxygen atoms in total. The highest BCUT2D eigenvalue weighted by Gasteiger charge is 2.29. The van der Waals surface area contributed by atoms with Gasteiger partial charge in [0.15, 0.2) is 0 Å². The maximum Gasteiger partial charge on any atom is 0.243 e. The number of hydrogen-bond donors (Lipinski definition) is 1. The number of carbonyl (C=O) groups excluding carboxylic acids is 2. The van der Waals surface area contributed by atoms with Crippen LogP contribution in [0.25, 0.3) is 0 Å². The lowest BCUT2D eigenvalue weighted by Crippen LogP contribution is -2.51. The van der Waals surface area contributed by atoms with Crippen molar-refractivity contribution in [3.05, 3.63) is 71.5 Å². The Morgan fingerprint density at radius 2 is 1.61 bits per heavy atom. The average Bonchev–Trinajstić information content (AvgIpc) is 2.70. The van der Waals surface area contributed by atoms with E-state index in [0.717, 1.165) is 17.5 Å². The maximum atomic E-state index is 13.2. The molecule has 2 aromatic carbocycles. The van der Waals surface area contributed by atoms with E-state index >= 15 is 0 Å². The van der Waals surface area contributed by atoms with Crippen LogP contribution in [0.1, 0.15) is 44.7 Å². The number of benzene rings is 2. The fraction of sp³-hybridized carbons (Fsp3) is 0.391. The van der Waals surface area contributed by atoms with Crippen LogP contribution in [0.5, 0.6) is 0 Å². The smallest absolute Gasteiger partial charge is 0.243 e. The van der Waals surface area contributed by atoms with Crippen LogP contribution >= 0.6 is 0 Å². The molecule has 2 aromatic rings. The highest BCUT2D eigenvalue weighted by atomic mass is 19.1. The van der Waals surface area contributed by atoms with Gasteiger partial charge in [0.05, 0.1) is 6.42 Å². The summed E-state index contributed by atoms with van der Waals surface area (Å²) in [6.45, 7) is 6.22. The first-order chi connectivity index (χ1) is 13.4. The minimum atomic E-state index is -0.554. The summed E-state index contributed by atoms with van der Waals surface area (Å²) in [7, 11) is 0. The molecule has 0 aliphatic carbocycles. The second-order valence-electron chi connectivity index (χ2n) is 7.05. The summed E-state index contributed by atoms with van der Waals surface area (Å²) in [5.74, 6) is -0.626. The quantitative estimate of drug-likeness (QED) is 0.708. The summed E-state index contributed by atoms with van der Waals surface area (Å²) in [4.78, 5) is 27.6. The molecule has 2 rings (SSSR count). The van der Waals surface area contributed by atoms with Gasteiger partial charge in [-0.05, 0) is 43.0 Å². The van der Waals surface area contributed by atoms with E-state index in [9.17, 15) is 14.0 Å². The molecule has 2 unspecified atom stereocenters. The van der Waals surface area contributed by atoms with E-state index in [0.29, 0.717) is 13.0 Å². The first-order valence-electron chi connectivity index (χ1n) is 9.82. The lowest BCUT2D eigenvalue weighted by molar-refractivity contribution is -0.141. The van der Waals surface area contributed by atoms with Crippen LogP contribution in [-0.2, 0) is 22.6 Å². The van der Waals surface area contributed by atoms with Gasteiger partial charge in [-0.15, -0.1) is 0 Å². The molecule has 0 spiro atoms. The van der Waals surface area contributed by atoms with Crippen molar-refractivity contribution in [1.29, 1.82) is 0 Å². The Bertz CT molecular complexity index is 762. The lowest BCUT2D eigenvalue weighted by Gasteiger charge is -2.31. The Balaban J connectivity index is 2.24. The standard InChI is InChI=1S/C23H29FN2O2/c1-4-17(3)25-23(28)21(5-2)26(16-19-9-7-6-8-10-19)22(27)15-18-11-13-20(24)14-12-18/h6-14,17,21H,4-5,15-16H2,1-3H3,(H,25,28). The van der Waals surface area contributed by atoms with E-state index in [1.165, 1.54) is 12.1 Å². The summed E-state index contributed by atoms with van der Waals surface area (Å²) in [5.41, 5.74) is 1.69. The second-order valence-corrected chi connectivity index (χ2v) is 7.05. The Morgan fingerprint density at radius 1 is 0.964 bits per heavy atom. The molecule has 0 bridgehead atoms. The van der Waals surface area contributed by atoms with Gasteiger partial charge in [-0.25, -0.2) is 4.39 Å². The van der Waals surface area contributed by atoms with Gasteiger partial charge in [-0.1, -0.05) is 56.3 Å². The molecule has 2 atom stereocenters. The zero-order valence-electron chi connectivity index (χ0n) is 16.8. The van der Waals surface area contributed by atoms with Crippen molar-refractivity contribution in [2.75, 3.05) is 0 Å².